The zero-order valence-corrected chi connectivity index (χ0v) is 14.3. The van der Waals surface area contributed by atoms with Gasteiger partial charge in [-0.1, -0.05) is 12.1 Å². The second-order valence-corrected chi connectivity index (χ2v) is 5.86. The predicted octanol–water partition coefficient (Wildman–Crippen LogP) is 4.07. The third-order valence-corrected chi connectivity index (χ3v) is 4.03. The second-order valence-electron chi connectivity index (χ2n) is 5.86. The SMILES string of the molecule is Cc1ccc(C=CC(=O)OCc2cc(=O)oc3c(C)c(C)ccc23)o1. The summed E-state index contributed by atoms with van der Waals surface area (Å²) in [6, 6.07) is 8.74. The summed E-state index contributed by atoms with van der Waals surface area (Å²) in [5.41, 5.74) is 2.61. The number of carbonyl (C=O) groups is 1. The molecule has 0 aliphatic carbocycles. The van der Waals surface area contributed by atoms with E-state index in [9.17, 15) is 9.59 Å². The van der Waals surface area contributed by atoms with Crippen LogP contribution in [0, 0.1) is 20.8 Å². The van der Waals surface area contributed by atoms with Crippen molar-refractivity contribution in [3.05, 3.63) is 75.0 Å². The van der Waals surface area contributed by atoms with Gasteiger partial charge in [0.25, 0.3) is 0 Å². The quantitative estimate of drug-likeness (QED) is 0.407. The Kier molecular flexibility index (Phi) is 4.57. The van der Waals surface area contributed by atoms with Crippen LogP contribution in [-0.2, 0) is 16.1 Å². The van der Waals surface area contributed by atoms with Crippen LogP contribution < -0.4 is 5.63 Å². The first-order valence-electron chi connectivity index (χ1n) is 7.88. The average molecular weight is 338 g/mol. The molecule has 3 aromatic rings. The Morgan fingerprint density at radius 3 is 2.64 bits per heavy atom. The molecule has 5 nitrogen and oxygen atoms in total. The Morgan fingerprint density at radius 1 is 1.12 bits per heavy atom. The number of esters is 1. The number of carbonyl (C=O) groups excluding carboxylic acids is 1. The van der Waals surface area contributed by atoms with Crippen molar-refractivity contribution < 1.29 is 18.4 Å². The number of furan rings is 1. The van der Waals surface area contributed by atoms with Crippen molar-refractivity contribution in [3.8, 4) is 0 Å². The monoisotopic (exact) mass is 338 g/mol. The van der Waals surface area contributed by atoms with Crippen molar-refractivity contribution >= 4 is 23.0 Å². The molecule has 0 bridgehead atoms. The van der Waals surface area contributed by atoms with Crippen molar-refractivity contribution in [2.24, 2.45) is 0 Å². The predicted molar refractivity (Wildman–Crippen MR) is 94.2 cm³/mol. The number of aryl methyl sites for hydroxylation is 3. The van der Waals surface area contributed by atoms with E-state index in [0.29, 0.717) is 16.9 Å². The van der Waals surface area contributed by atoms with Crippen molar-refractivity contribution in [2.45, 2.75) is 27.4 Å². The minimum Gasteiger partial charge on any atom is -0.462 e. The molecule has 0 saturated carbocycles. The van der Waals surface area contributed by atoms with Gasteiger partial charge in [-0.05, 0) is 50.1 Å². The van der Waals surface area contributed by atoms with Gasteiger partial charge in [-0.25, -0.2) is 9.59 Å². The topological polar surface area (TPSA) is 69.7 Å². The number of rotatable bonds is 4. The van der Waals surface area contributed by atoms with Gasteiger partial charge in [0.1, 0.15) is 23.7 Å². The number of ether oxygens (including phenoxy) is 1. The van der Waals surface area contributed by atoms with Gasteiger partial charge in [-0.3, -0.25) is 0 Å². The van der Waals surface area contributed by atoms with Gasteiger partial charge in [-0.15, -0.1) is 0 Å². The normalized spacial score (nSPS) is 11.3. The summed E-state index contributed by atoms with van der Waals surface area (Å²) in [6.45, 7) is 5.66. The van der Waals surface area contributed by atoms with E-state index in [0.717, 1.165) is 22.3 Å². The van der Waals surface area contributed by atoms with Gasteiger partial charge in [0.05, 0.1) is 0 Å². The van der Waals surface area contributed by atoms with E-state index in [4.69, 9.17) is 13.6 Å². The maximum Gasteiger partial charge on any atom is 0.336 e. The maximum absolute atomic E-state index is 11.9. The number of fused-ring (bicyclic) bond motifs is 1. The minimum absolute atomic E-state index is 0.00897. The standard InChI is InChI=1S/C20H18O5/c1-12-4-8-17-15(10-19(22)25-20(17)14(12)3)11-23-18(21)9-7-16-6-5-13(2)24-16/h4-10H,11H2,1-3H3. The Morgan fingerprint density at radius 2 is 1.92 bits per heavy atom. The van der Waals surface area contributed by atoms with E-state index in [1.165, 1.54) is 12.1 Å². The molecule has 0 fully saturated rings. The van der Waals surface area contributed by atoms with Gasteiger partial charge >= 0.3 is 11.6 Å². The van der Waals surface area contributed by atoms with Gasteiger partial charge in [0.2, 0.25) is 0 Å². The lowest BCUT2D eigenvalue weighted by molar-refractivity contribution is -0.138. The van der Waals surface area contributed by atoms with E-state index in [2.05, 4.69) is 0 Å². The molecule has 0 N–H and O–H groups in total. The lowest BCUT2D eigenvalue weighted by Gasteiger charge is -2.09. The molecule has 5 heteroatoms. The van der Waals surface area contributed by atoms with Crippen LogP contribution in [0.3, 0.4) is 0 Å². The minimum atomic E-state index is -0.515. The molecule has 2 aromatic heterocycles. The first-order valence-corrected chi connectivity index (χ1v) is 7.88. The fraction of sp³-hybridized carbons (Fsp3) is 0.200. The van der Waals surface area contributed by atoms with Crippen LogP contribution in [0.1, 0.15) is 28.2 Å². The van der Waals surface area contributed by atoms with Gasteiger partial charge < -0.3 is 13.6 Å². The molecule has 0 atom stereocenters. The Bertz CT molecular complexity index is 1020. The molecular weight excluding hydrogens is 320 g/mol. The number of hydrogen-bond acceptors (Lipinski definition) is 5. The molecule has 0 spiro atoms. The van der Waals surface area contributed by atoms with E-state index in [-0.39, 0.29) is 6.61 Å². The van der Waals surface area contributed by atoms with Crippen LogP contribution in [0.2, 0.25) is 0 Å². The molecule has 2 heterocycles. The van der Waals surface area contributed by atoms with Crippen molar-refractivity contribution in [3.63, 3.8) is 0 Å². The van der Waals surface area contributed by atoms with E-state index >= 15 is 0 Å². The lowest BCUT2D eigenvalue weighted by atomic mass is 10.0. The summed E-state index contributed by atoms with van der Waals surface area (Å²) in [5.74, 6) is 0.826. The van der Waals surface area contributed by atoms with E-state index < -0.39 is 11.6 Å². The molecule has 0 saturated heterocycles. The first kappa shape index (κ1) is 16.8. The summed E-state index contributed by atoms with van der Waals surface area (Å²) < 4.78 is 15.9. The maximum atomic E-state index is 11.9. The molecule has 1 aromatic carbocycles. The lowest BCUT2D eigenvalue weighted by Crippen LogP contribution is -2.06. The summed E-state index contributed by atoms with van der Waals surface area (Å²) in [6.07, 6.45) is 2.83. The van der Waals surface area contributed by atoms with Crippen LogP contribution in [0.25, 0.3) is 17.0 Å². The molecular formula is C20H18O5. The fourth-order valence-corrected chi connectivity index (χ4v) is 2.53. The Labute approximate surface area is 144 Å². The molecule has 3 rings (SSSR count). The highest BCUT2D eigenvalue weighted by atomic mass is 16.5. The molecule has 0 unspecified atom stereocenters. The van der Waals surface area contributed by atoms with E-state index in [1.807, 2.05) is 39.0 Å². The van der Waals surface area contributed by atoms with Crippen molar-refractivity contribution in [2.75, 3.05) is 0 Å². The molecule has 0 amide bonds. The van der Waals surface area contributed by atoms with Gasteiger partial charge in [-0.2, -0.15) is 0 Å². The zero-order valence-electron chi connectivity index (χ0n) is 14.3. The van der Waals surface area contributed by atoms with Crippen LogP contribution >= 0.6 is 0 Å². The number of hydrogen-bond donors (Lipinski definition) is 0. The van der Waals surface area contributed by atoms with E-state index in [1.54, 1.807) is 12.1 Å². The molecule has 25 heavy (non-hydrogen) atoms. The average Bonchev–Trinajstić information content (AvgIpc) is 3.00. The Hall–Kier alpha value is -3.08. The van der Waals surface area contributed by atoms with Gasteiger partial charge in [0, 0.05) is 23.1 Å². The smallest absolute Gasteiger partial charge is 0.336 e. The Balaban J connectivity index is 1.79. The second kappa shape index (κ2) is 6.81. The van der Waals surface area contributed by atoms with Crippen LogP contribution in [0.5, 0.6) is 0 Å². The molecule has 128 valence electrons. The highest BCUT2D eigenvalue weighted by Gasteiger charge is 2.11. The van der Waals surface area contributed by atoms with Crippen LogP contribution in [-0.4, -0.2) is 5.97 Å². The molecule has 0 aliphatic rings. The summed E-state index contributed by atoms with van der Waals surface area (Å²) >= 11 is 0. The van der Waals surface area contributed by atoms with Gasteiger partial charge in [0.15, 0.2) is 0 Å². The van der Waals surface area contributed by atoms with Crippen LogP contribution in [0.15, 0.2) is 50.0 Å². The highest BCUT2D eigenvalue weighted by molar-refractivity contribution is 5.87. The van der Waals surface area contributed by atoms with Crippen LogP contribution in [0.4, 0.5) is 0 Å². The highest BCUT2D eigenvalue weighted by Crippen LogP contribution is 2.23. The summed E-state index contributed by atoms with van der Waals surface area (Å²) in [5, 5.41) is 0.765. The summed E-state index contributed by atoms with van der Waals surface area (Å²) in [7, 11) is 0. The third-order valence-electron chi connectivity index (χ3n) is 4.03. The molecule has 0 radical (unpaired) electrons. The zero-order chi connectivity index (χ0) is 18.0. The van der Waals surface area contributed by atoms with Crippen molar-refractivity contribution in [1.29, 1.82) is 0 Å². The molecule has 0 aliphatic heterocycles. The third kappa shape index (κ3) is 3.71. The summed E-state index contributed by atoms with van der Waals surface area (Å²) in [4.78, 5) is 23.7. The number of benzene rings is 1. The largest absolute Gasteiger partial charge is 0.462 e. The first-order chi connectivity index (χ1) is 11.9. The fourth-order valence-electron chi connectivity index (χ4n) is 2.53. The van der Waals surface area contributed by atoms with Crippen molar-refractivity contribution in [1.82, 2.24) is 0 Å².